The Morgan fingerprint density at radius 2 is 2.14 bits per heavy atom. The summed E-state index contributed by atoms with van der Waals surface area (Å²) >= 11 is 1.47. The van der Waals surface area contributed by atoms with Gasteiger partial charge in [-0.1, -0.05) is 49.7 Å². The van der Waals surface area contributed by atoms with Crippen LogP contribution in [0.15, 0.2) is 52.2 Å². The van der Waals surface area contributed by atoms with Crippen molar-refractivity contribution in [2.75, 3.05) is 11.1 Å². The molecule has 1 heterocycles. The zero-order valence-electron chi connectivity index (χ0n) is 16.4. The summed E-state index contributed by atoms with van der Waals surface area (Å²) in [5, 5.41) is 17.5. The second-order valence-corrected chi connectivity index (χ2v) is 9.22. The molecule has 0 bridgehead atoms. The lowest BCUT2D eigenvalue weighted by Crippen LogP contribution is -2.38. The fourth-order valence-electron chi connectivity index (χ4n) is 5.15. The van der Waals surface area contributed by atoms with Gasteiger partial charge in [0.1, 0.15) is 0 Å². The third-order valence-corrected chi connectivity index (χ3v) is 7.28. The van der Waals surface area contributed by atoms with Crippen molar-refractivity contribution in [3.05, 3.63) is 52.2 Å². The average molecular weight is 394 g/mol. The fraction of sp³-hybridized carbons (Fsp3) is 0.478. The normalized spacial score (nSPS) is 26.6. The van der Waals surface area contributed by atoms with Crippen LogP contribution in [0.1, 0.15) is 51.9 Å². The van der Waals surface area contributed by atoms with Crippen LogP contribution in [0.4, 0.5) is 5.69 Å². The number of nitrogens with one attached hydrogen (secondary N) is 2. The number of benzene rings is 1. The van der Waals surface area contributed by atoms with Crippen molar-refractivity contribution in [1.29, 1.82) is 5.26 Å². The minimum Gasteiger partial charge on any atom is -0.353 e. The highest BCUT2D eigenvalue weighted by Crippen LogP contribution is 2.57. The van der Waals surface area contributed by atoms with E-state index >= 15 is 0 Å². The number of para-hydroxylation sites is 1. The quantitative estimate of drug-likeness (QED) is 0.725. The van der Waals surface area contributed by atoms with Crippen molar-refractivity contribution in [2.24, 2.45) is 11.3 Å². The van der Waals surface area contributed by atoms with E-state index in [4.69, 9.17) is 0 Å². The number of anilines is 1. The number of nitriles is 1. The summed E-state index contributed by atoms with van der Waals surface area (Å²) in [6, 6.07) is 12.1. The molecule has 1 aromatic carbocycles. The predicted molar refractivity (Wildman–Crippen MR) is 114 cm³/mol. The molecule has 2 N–H and O–H groups in total. The summed E-state index contributed by atoms with van der Waals surface area (Å²) in [6.07, 6.45) is 7.89. The van der Waals surface area contributed by atoms with Crippen LogP contribution in [0, 0.1) is 22.7 Å². The highest BCUT2D eigenvalue weighted by Gasteiger charge is 2.47. The monoisotopic (exact) mass is 393 g/mol. The van der Waals surface area contributed by atoms with Crippen molar-refractivity contribution in [2.45, 2.75) is 51.9 Å². The van der Waals surface area contributed by atoms with E-state index in [2.05, 4.69) is 23.6 Å². The molecule has 28 heavy (non-hydrogen) atoms. The van der Waals surface area contributed by atoms with E-state index in [9.17, 15) is 10.1 Å². The molecule has 1 fully saturated rings. The Bertz CT molecular complexity index is 868. The van der Waals surface area contributed by atoms with E-state index in [-0.39, 0.29) is 11.3 Å². The SMILES string of the molecule is C[C@H]1CCC[C@]2(C1)C(C#N)=C(SCC(=O)Nc1ccccc1)NC1=C2CCC1. The van der Waals surface area contributed by atoms with Gasteiger partial charge in [0, 0.05) is 16.8 Å². The first-order valence-corrected chi connectivity index (χ1v) is 11.2. The molecular formula is C23H27N3OS. The van der Waals surface area contributed by atoms with Gasteiger partial charge in [0.25, 0.3) is 0 Å². The molecule has 2 aliphatic carbocycles. The Kier molecular flexibility index (Phi) is 5.50. The van der Waals surface area contributed by atoms with Gasteiger partial charge in [-0.25, -0.2) is 0 Å². The summed E-state index contributed by atoms with van der Waals surface area (Å²) in [4.78, 5) is 12.4. The van der Waals surface area contributed by atoms with E-state index in [0.717, 1.165) is 42.0 Å². The number of thioether (sulfide) groups is 1. The number of nitrogens with zero attached hydrogens (tertiary/aromatic N) is 1. The van der Waals surface area contributed by atoms with Gasteiger partial charge < -0.3 is 10.6 Å². The minimum absolute atomic E-state index is 0.0416. The molecule has 3 aliphatic rings. The molecule has 0 saturated heterocycles. The van der Waals surface area contributed by atoms with E-state index in [1.165, 1.54) is 42.3 Å². The second-order valence-electron chi connectivity index (χ2n) is 8.24. The zero-order chi connectivity index (χ0) is 19.6. The second kappa shape index (κ2) is 8.05. The summed E-state index contributed by atoms with van der Waals surface area (Å²) < 4.78 is 0. The smallest absolute Gasteiger partial charge is 0.234 e. The van der Waals surface area contributed by atoms with Crippen LogP contribution in [-0.4, -0.2) is 11.7 Å². The van der Waals surface area contributed by atoms with Gasteiger partial charge in [-0.15, -0.1) is 0 Å². The van der Waals surface area contributed by atoms with Crippen molar-refractivity contribution >= 4 is 23.4 Å². The summed E-state index contributed by atoms with van der Waals surface area (Å²) in [6.45, 7) is 2.31. The number of rotatable bonds is 4. The Morgan fingerprint density at radius 3 is 2.89 bits per heavy atom. The first-order valence-electron chi connectivity index (χ1n) is 10.2. The maximum atomic E-state index is 12.4. The number of carbonyl (C=O) groups is 1. The summed E-state index contributed by atoms with van der Waals surface area (Å²) in [5.41, 5.74) is 4.38. The van der Waals surface area contributed by atoms with Crippen LogP contribution in [-0.2, 0) is 4.79 Å². The van der Waals surface area contributed by atoms with E-state index in [1.54, 1.807) is 0 Å². The molecule has 0 radical (unpaired) electrons. The Morgan fingerprint density at radius 1 is 1.32 bits per heavy atom. The van der Waals surface area contributed by atoms with Gasteiger partial charge in [-0.2, -0.15) is 5.26 Å². The molecule has 1 amide bonds. The van der Waals surface area contributed by atoms with Gasteiger partial charge in [0.05, 0.1) is 22.4 Å². The molecule has 0 unspecified atom stereocenters. The van der Waals surface area contributed by atoms with Gasteiger partial charge in [0.2, 0.25) is 5.91 Å². The first kappa shape index (κ1) is 19.1. The molecule has 1 aromatic rings. The molecular weight excluding hydrogens is 366 g/mol. The lowest BCUT2D eigenvalue weighted by molar-refractivity contribution is -0.113. The number of amides is 1. The van der Waals surface area contributed by atoms with Gasteiger partial charge in [0.15, 0.2) is 0 Å². The van der Waals surface area contributed by atoms with E-state index in [0.29, 0.717) is 11.7 Å². The number of dihydropyridines is 1. The Hall–Kier alpha value is -2.19. The van der Waals surface area contributed by atoms with Crippen molar-refractivity contribution in [1.82, 2.24) is 5.32 Å². The van der Waals surface area contributed by atoms with E-state index < -0.39 is 0 Å². The van der Waals surface area contributed by atoms with Crippen LogP contribution >= 0.6 is 11.8 Å². The molecule has 1 spiro atoms. The Labute approximate surface area is 171 Å². The lowest BCUT2D eigenvalue weighted by atomic mass is 9.61. The van der Waals surface area contributed by atoms with Gasteiger partial charge >= 0.3 is 0 Å². The fourth-order valence-corrected chi connectivity index (χ4v) is 6.08. The molecule has 1 saturated carbocycles. The summed E-state index contributed by atoms with van der Waals surface area (Å²) in [5.74, 6) is 0.897. The number of allylic oxidation sites excluding steroid dienone is 3. The highest BCUT2D eigenvalue weighted by atomic mass is 32.2. The van der Waals surface area contributed by atoms with Crippen molar-refractivity contribution < 1.29 is 4.79 Å². The van der Waals surface area contributed by atoms with Crippen molar-refractivity contribution in [3.63, 3.8) is 0 Å². The maximum absolute atomic E-state index is 12.4. The number of carbonyl (C=O) groups excluding carboxylic acids is 1. The van der Waals surface area contributed by atoms with Crippen LogP contribution in [0.5, 0.6) is 0 Å². The third kappa shape index (κ3) is 3.58. The standard InChI is InChI=1S/C23H27N3OS/c1-16-7-6-12-23(13-16)18-10-5-11-20(18)26-22(19(23)14-24)28-15-21(27)25-17-8-3-2-4-9-17/h2-4,8-9,16,26H,5-7,10-13,15H2,1H3,(H,25,27)/t16-,23+/m0/s1. The number of hydrogen-bond acceptors (Lipinski definition) is 4. The lowest BCUT2D eigenvalue weighted by Gasteiger charge is -2.45. The maximum Gasteiger partial charge on any atom is 0.234 e. The first-order chi connectivity index (χ1) is 13.6. The number of fused-ring (bicyclic) bond motifs is 1. The zero-order valence-corrected chi connectivity index (χ0v) is 17.2. The molecule has 5 heteroatoms. The van der Waals surface area contributed by atoms with Crippen LogP contribution in [0.2, 0.25) is 0 Å². The van der Waals surface area contributed by atoms with Crippen LogP contribution in [0.25, 0.3) is 0 Å². The summed E-state index contributed by atoms with van der Waals surface area (Å²) in [7, 11) is 0. The van der Waals surface area contributed by atoms with Crippen molar-refractivity contribution in [3.8, 4) is 6.07 Å². The predicted octanol–water partition coefficient (Wildman–Crippen LogP) is 5.33. The molecule has 0 aromatic heterocycles. The Balaban J connectivity index is 1.55. The molecule has 2 atom stereocenters. The van der Waals surface area contributed by atoms with Crippen LogP contribution < -0.4 is 10.6 Å². The molecule has 1 aliphatic heterocycles. The van der Waals surface area contributed by atoms with Crippen LogP contribution in [0.3, 0.4) is 0 Å². The van der Waals surface area contributed by atoms with Gasteiger partial charge in [-0.3, -0.25) is 4.79 Å². The average Bonchev–Trinajstić information content (AvgIpc) is 3.17. The topological polar surface area (TPSA) is 64.9 Å². The van der Waals surface area contributed by atoms with E-state index in [1.807, 2.05) is 30.3 Å². The third-order valence-electron chi connectivity index (χ3n) is 6.28. The highest BCUT2D eigenvalue weighted by molar-refractivity contribution is 8.03. The molecule has 4 nitrogen and oxygen atoms in total. The van der Waals surface area contributed by atoms with Gasteiger partial charge in [-0.05, 0) is 55.7 Å². The largest absolute Gasteiger partial charge is 0.353 e. The molecule has 146 valence electrons. The molecule has 4 rings (SSSR count). The minimum atomic E-state index is -0.0955. The number of hydrogen-bond donors (Lipinski definition) is 2.